The molecule has 0 fully saturated rings. The highest BCUT2D eigenvalue weighted by atomic mass is 16.7. The Morgan fingerprint density at radius 2 is 1.72 bits per heavy atom. The van der Waals surface area contributed by atoms with Gasteiger partial charge in [-0.15, -0.1) is 0 Å². The summed E-state index contributed by atoms with van der Waals surface area (Å²) in [5.41, 5.74) is 2.23. The van der Waals surface area contributed by atoms with Gasteiger partial charge < -0.3 is 23.7 Å². The second-order valence-electron chi connectivity index (χ2n) is 6.10. The van der Waals surface area contributed by atoms with Crippen molar-refractivity contribution in [2.24, 2.45) is 0 Å². The van der Waals surface area contributed by atoms with Gasteiger partial charge in [-0.3, -0.25) is 4.79 Å². The molecule has 0 bridgehead atoms. The molecular weight excluding hydrogens is 376 g/mol. The van der Waals surface area contributed by atoms with Crippen molar-refractivity contribution >= 4 is 11.9 Å². The van der Waals surface area contributed by atoms with Gasteiger partial charge in [-0.05, 0) is 42.7 Å². The van der Waals surface area contributed by atoms with Crippen LogP contribution in [0.2, 0.25) is 0 Å². The first-order valence-electron chi connectivity index (χ1n) is 9.27. The van der Waals surface area contributed by atoms with E-state index in [1.165, 1.54) is 7.11 Å². The maximum Gasteiger partial charge on any atom is 0.337 e. The van der Waals surface area contributed by atoms with Crippen LogP contribution in [0.1, 0.15) is 34.8 Å². The number of benzene rings is 2. The van der Waals surface area contributed by atoms with Crippen LogP contribution >= 0.6 is 0 Å². The fourth-order valence-electron chi connectivity index (χ4n) is 2.58. The molecule has 0 heterocycles. The summed E-state index contributed by atoms with van der Waals surface area (Å²) >= 11 is 0. The molecule has 0 aromatic heterocycles. The Hall–Kier alpha value is -3.06. The number of rotatable bonds is 11. The van der Waals surface area contributed by atoms with E-state index in [4.69, 9.17) is 23.7 Å². The van der Waals surface area contributed by atoms with Crippen LogP contribution in [0.3, 0.4) is 0 Å². The summed E-state index contributed by atoms with van der Waals surface area (Å²) in [7, 11) is 2.89. The topological polar surface area (TPSA) is 80.3 Å². The summed E-state index contributed by atoms with van der Waals surface area (Å²) in [6.45, 7) is 2.55. The molecule has 0 amide bonds. The van der Waals surface area contributed by atoms with E-state index >= 15 is 0 Å². The van der Waals surface area contributed by atoms with Crippen LogP contribution in [0.25, 0.3) is 0 Å². The monoisotopic (exact) mass is 402 g/mol. The zero-order chi connectivity index (χ0) is 21.1. The first-order chi connectivity index (χ1) is 14.1. The van der Waals surface area contributed by atoms with Crippen molar-refractivity contribution in [3.8, 4) is 11.5 Å². The highest BCUT2D eigenvalue weighted by molar-refractivity contribution is 5.89. The average Bonchev–Trinajstić information content (AvgIpc) is 2.75. The molecule has 2 aromatic rings. The molecule has 29 heavy (non-hydrogen) atoms. The van der Waals surface area contributed by atoms with Gasteiger partial charge >= 0.3 is 11.9 Å². The zero-order valence-corrected chi connectivity index (χ0v) is 16.9. The lowest BCUT2D eigenvalue weighted by Gasteiger charge is -2.14. The second kappa shape index (κ2) is 11.7. The Bertz CT molecular complexity index is 799. The molecule has 0 spiro atoms. The number of aryl methyl sites for hydroxylation is 1. The van der Waals surface area contributed by atoms with E-state index in [9.17, 15) is 9.59 Å². The van der Waals surface area contributed by atoms with E-state index in [0.29, 0.717) is 36.7 Å². The van der Waals surface area contributed by atoms with Crippen LogP contribution in [0.5, 0.6) is 11.5 Å². The van der Waals surface area contributed by atoms with Crippen LogP contribution in [-0.4, -0.2) is 39.6 Å². The molecule has 2 aromatic carbocycles. The van der Waals surface area contributed by atoms with Gasteiger partial charge in [-0.2, -0.15) is 0 Å². The molecule has 2 rings (SSSR count). The molecule has 0 unspecified atom stereocenters. The lowest BCUT2D eigenvalue weighted by molar-refractivity contribution is -0.143. The van der Waals surface area contributed by atoms with E-state index in [0.717, 1.165) is 11.1 Å². The highest BCUT2D eigenvalue weighted by Gasteiger charge is 2.11. The van der Waals surface area contributed by atoms with Crippen LogP contribution < -0.4 is 9.47 Å². The number of esters is 2. The molecule has 0 aliphatic rings. The standard InChI is InChI=1S/C22H26O7/c1-4-27-21(23)12-10-17-9-11-19(29-15-25-2)13-20(17)28-14-16-5-7-18(8-6-16)22(24)26-3/h5-9,11,13H,4,10,12,14-15H2,1-3H3. The van der Waals surface area contributed by atoms with Gasteiger partial charge in [0.05, 0.1) is 19.3 Å². The van der Waals surface area contributed by atoms with Crippen molar-refractivity contribution in [1.29, 1.82) is 0 Å². The first-order valence-corrected chi connectivity index (χ1v) is 9.27. The fraction of sp³-hybridized carbons (Fsp3) is 0.364. The number of carbonyl (C=O) groups excluding carboxylic acids is 2. The van der Waals surface area contributed by atoms with Crippen molar-refractivity contribution in [2.45, 2.75) is 26.4 Å². The number of ether oxygens (including phenoxy) is 5. The minimum atomic E-state index is -0.387. The van der Waals surface area contributed by atoms with Crippen molar-refractivity contribution in [2.75, 3.05) is 27.6 Å². The third-order valence-electron chi connectivity index (χ3n) is 4.06. The van der Waals surface area contributed by atoms with Gasteiger partial charge in [0.25, 0.3) is 0 Å². The quantitative estimate of drug-likeness (QED) is 0.420. The minimum Gasteiger partial charge on any atom is -0.488 e. The Morgan fingerprint density at radius 3 is 2.38 bits per heavy atom. The van der Waals surface area contributed by atoms with Crippen molar-refractivity contribution in [3.05, 3.63) is 59.2 Å². The third-order valence-corrected chi connectivity index (χ3v) is 4.06. The maximum absolute atomic E-state index is 11.7. The van der Waals surface area contributed by atoms with Gasteiger partial charge in [-0.25, -0.2) is 4.79 Å². The minimum absolute atomic E-state index is 0.122. The van der Waals surface area contributed by atoms with E-state index < -0.39 is 0 Å². The molecule has 7 nitrogen and oxygen atoms in total. The van der Waals surface area contributed by atoms with E-state index in [1.54, 1.807) is 50.4 Å². The molecule has 0 atom stereocenters. The van der Waals surface area contributed by atoms with E-state index in [1.807, 2.05) is 6.07 Å². The van der Waals surface area contributed by atoms with Crippen molar-refractivity contribution < 1.29 is 33.3 Å². The highest BCUT2D eigenvalue weighted by Crippen LogP contribution is 2.27. The molecule has 0 aliphatic carbocycles. The van der Waals surface area contributed by atoms with Crippen molar-refractivity contribution in [1.82, 2.24) is 0 Å². The summed E-state index contributed by atoms with van der Waals surface area (Å²) in [5, 5.41) is 0. The molecule has 0 N–H and O–H groups in total. The van der Waals surface area contributed by atoms with Crippen LogP contribution in [0.4, 0.5) is 0 Å². The van der Waals surface area contributed by atoms with Gasteiger partial charge in [0.1, 0.15) is 18.1 Å². The Labute approximate surface area is 170 Å². The smallest absolute Gasteiger partial charge is 0.337 e. The Morgan fingerprint density at radius 1 is 0.966 bits per heavy atom. The lowest BCUT2D eigenvalue weighted by atomic mass is 10.1. The van der Waals surface area contributed by atoms with Crippen LogP contribution in [-0.2, 0) is 32.0 Å². The van der Waals surface area contributed by atoms with Crippen LogP contribution in [0, 0.1) is 0 Å². The largest absolute Gasteiger partial charge is 0.488 e. The normalized spacial score (nSPS) is 10.3. The summed E-state index contributed by atoms with van der Waals surface area (Å²) in [4.78, 5) is 23.2. The maximum atomic E-state index is 11.7. The number of carbonyl (C=O) groups is 2. The summed E-state index contributed by atoms with van der Waals surface area (Å²) in [6.07, 6.45) is 0.746. The first kappa shape index (κ1) is 22.2. The number of hydrogen-bond donors (Lipinski definition) is 0. The molecule has 0 radical (unpaired) electrons. The molecule has 0 saturated carbocycles. The van der Waals surface area contributed by atoms with E-state index in [-0.39, 0.29) is 25.2 Å². The number of hydrogen-bond acceptors (Lipinski definition) is 7. The molecule has 0 aliphatic heterocycles. The van der Waals surface area contributed by atoms with Gasteiger partial charge in [0, 0.05) is 19.6 Å². The van der Waals surface area contributed by atoms with Gasteiger partial charge in [0.15, 0.2) is 6.79 Å². The number of methoxy groups -OCH3 is 2. The fourth-order valence-corrected chi connectivity index (χ4v) is 2.58. The molecule has 7 heteroatoms. The van der Waals surface area contributed by atoms with Crippen LogP contribution in [0.15, 0.2) is 42.5 Å². The molecule has 0 saturated heterocycles. The SMILES string of the molecule is CCOC(=O)CCc1ccc(OCOC)cc1OCc1ccc(C(=O)OC)cc1. The Balaban J connectivity index is 2.09. The average molecular weight is 402 g/mol. The second-order valence-corrected chi connectivity index (χ2v) is 6.10. The van der Waals surface area contributed by atoms with Gasteiger partial charge in [-0.1, -0.05) is 18.2 Å². The summed E-state index contributed by atoms with van der Waals surface area (Å²) in [6, 6.07) is 12.4. The summed E-state index contributed by atoms with van der Waals surface area (Å²) in [5.74, 6) is 0.570. The van der Waals surface area contributed by atoms with Gasteiger partial charge in [0.2, 0.25) is 0 Å². The summed E-state index contributed by atoms with van der Waals surface area (Å²) < 4.78 is 26.1. The third kappa shape index (κ3) is 7.12. The predicted molar refractivity (Wildman–Crippen MR) is 106 cm³/mol. The van der Waals surface area contributed by atoms with E-state index in [2.05, 4.69) is 0 Å². The lowest BCUT2D eigenvalue weighted by Crippen LogP contribution is -2.07. The van der Waals surface area contributed by atoms with Crippen molar-refractivity contribution in [3.63, 3.8) is 0 Å². The zero-order valence-electron chi connectivity index (χ0n) is 16.9. The molecule has 156 valence electrons. The Kier molecular flexibility index (Phi) is 8.98. The molecular formula is C22H26O7. The predicted octanol–water partition coefficient (Wildman–Crippen LogP) is 3.53.